The van der Waals surface area contributed by atoms with Gasteiger partial charge in [-0.25, -0.2) is 14.4 Å². The summed E-state index contributed by atoms with van der Waals surface area (Å²) in [7, 11) is 0. The van der Waals surface area contributed by atoms with Crippen molar-refractivity contribution in [3.8, 4) is 0 Å². The molecule has 5 heteroatoms. The number of pyridine rings is 1. The van der Waals surface area contributed by atoms with E-state index in [1.54, 1.807) is 18.3 Å². The average Bonchev–Trinajstić information content (AvgIpc) is 2.84. The van der Waals surface area contributed by atoms with Gasteiger partial charge in [0, 0.05) is 12.7 Å². The summed E-state index contributed by atoms with van der Waals surface area (Å²) < 4.78 is 15.2. The van der Waals surface area contributed by atoms with Gasteiger partial charge in [-0.2, -0.15) is 0 Å². The number of nitrogens with zero attached hydrogens (tertiary/aromatic N) is 3. The maximum absolute atomic E-state index is 13.2. The fraction of sp³-hybridized carbons (Fsp3) is 0.250. The first-order chi connectivity index (χ1) is 10.2. The Morgan fingerprint density at radius 3 is 2.90 bits per heavy atom. The molecule has 0 N–H and O–H groups in total. The molecular formula is C16H15ClFN3. The zero-order valence-corrected chi connectivity index (χ0v) is 12.4. The van der Waals surface area contributed by atoms with Crippen molar-refractivity contribution in [2.75, 3.05) is 0 Å². The molecule has 0 bridgehead atoms. The number of rotatable bonds is 4. The molecule has 0 aliphatic carbocycles. The smallest absolute Gasteiger partial charge is 0.160 e. The van der Waals surface area contributed by atoms with Gasteiger partial charge in [0.05, 0.1) is 5.88 Å². The van der Waals surface area contributed by atoms with Crippen LogP contribution >= 0.6 is 11.6 Å². The normalized spacial score (nSPS) is 11.2. The van der Waals surface area contributed by atoms with Gasteiger partial charge < -0.3 is 4.57 Å². The van der Waals surface area contributed by atoms with Crippen LogP contribution in [0.25, 0.3) is 11.2 Å². The highest BCUT2D eigenvalue weighted by Crippen LogP contribution is 2.19. The Balaban J connectivity index is 1.94. The van der Waals surface area contributed by atoms with E-state index >= 15 is 0 Å². The minimum Gasteiger partial charge on any atom is -0.311 e. The second-order valence-electron chi connectivity index (χ2n) is 4.99. The molecule has 3 rings (SSSR count). The fourth-order valence-electron chi connectivity index (χ4n) is 2.45. The number of halogens is 2. The lowest BCUT2D eigenvalue weighted by Gasteiger charge is -2.07. The van der Waals surface area contributed by atoms with Crippen LogP contribution in [0.1, 0.15) is 17.0 Å². The van der Waals surface area contributed by atoms with E-state index in [4.69, 9.17) is 11.6 Å². The van der Waals surface area contributed by atoms with Crippen LogP contribution in [0.3, 0.4) is 0 Å². The van der Waals surface area contributed by atoms with Gasteiger partial charge in [0.25, 0.3) is 0 Å². The zero-order chi connectivity index (χ0) is 14.8. The minimum absolute atomic E-state index is 0.213. The average molecular weight is 304 g/mol. The van der Waals surface area contributed by atoms with E-state index in [-0.39, 0.29) is 5.82 Å². The number of hydrogen-bond donors (Lipinski definition) is 0. The quantitative estimate of drug-likeness (QED) is 0.685. The first-order valence-corrected chi connectivity index (χ1v) is 7.33. The van der Waals surface area contributed by atoms with Gasteiger partial charge in [0.1, 0.15) is 17.2 Å². The second kappa shape index (κ2) is 5.82. The Hall–Kier alpha value is -1.94. The summed E-state index contributed by atoms with van der Waals surface area (Å²) in [6, 6.07) is 8.58. The van der Waals surface area contributed by atoms with Crippen molar-refractivity contribution in [2.24, 2.45) is 0 Å². The van der Waals surface area contributed by atoms with Gasteiger partial charge in [-0.3, -0.25) is 0 Å². The molecule has 0 atom stereocenters. The Bertz CT molecular complexity index is 782. The van der Waals surface area contributed by atoms with Gasteiger partial charge in [-0.1, -0.05) is 12.1 Å². The molecule has 0 spiro atoms. The lowest BCUT2D eigenvalue weighted by molar-refractivity contribution is 0.621. The van der Waals surface area contributed by atoms with E-state index in [0.29, 0.717) is 18.8 Å². The number of fused-ring (bicyclic) bond motifs is 1. The third kappa shape index (κ3) is 2.76. The highest BCUT2D eigenvalue weighted by atomic mass is 35.5. The molecule has 0 saturated heterocycles. The third-order valence-corrected chi connectivity index (χ3v) is 3.79. The number of imidazole rings is 1. The van der Waals surface area contributed by atoms with Gasteiger partial charge in [-0.15, -0.1) is 11.6 Å². The highest BCUT2D eigenvalue weighted by Gasteiger charge is 2.12. The van der Waals surface area contributed by atoms with Crippen LogP contribution in [0, 0.1) is 12.7 Å². The Kier molecular flexibility index (Phi) is 3.88. The molecule has 0 unspecified atom stereocenters. The predicted molar refractivity (Wildman–Crippen MR) is 81.9 cm³/mol. The molecule has 3 aromatic rings. The predicted octanol–water partition coefficient (Wildman–Crippen LogP) is 3.86. The lowest BCUT2D eigenvalue weighted by atomic mass is 10.1. The van der Waals surface area contributed by atoms with Crippen LogP contribution in [0.2, 0.25) is 0 Å². The van der Waals surface area contributed by atoms with Gasteiger partial charge >= 0.3 is 0 Å². The molecule has 2 heterocycles. The Labute approximate surface area is 127 Å². The summed E-state index contributed by atoms with van der Waals surface area (Å²) in [5, 5.41) is 0. The van der Waals surface area contributed by atoms with Gasteiger partial charge in [-0.05, 0) is 42.7 Å². The maximum atomic E-state index is 13.2. The van der Waals surface area contributed by atoms with Crippen molar-refractivity contribution in [1.82, 2.24) is 14.5 Å². The fourth-order valence-corrected chi connectivity index (χ4v) is 2.66. The summed E-state index contributed by atoms with van der Waals surface area (Å²) >= 11 is 5.99. The number of benzene rings is 1. The summed E-state index contributed by atoms with van der Waals surface area (Å²) in [6.07, 6.45) is 2.48. The first kappa shape index (κ1) is 14.0. The molecule has 1 aromatic carbocycles. The van der Waals surface area contributed by atoms with E-state index in [9.17, 15) is 4.39 Å². The molecule has 0 radical (unpaired) electrons. The van der Waals surface area contributed by atoms with E-state index < -0.39 is 0 Å². The third-order valence-electron chi connectivity index (χ3n) is 3.55. The molecule has 0 aliphatic heterocycles. The van der Waals surface area contributed by atoms with Crippen molar-refractivity contribution in [3.63, 3.8) is 0 Å². The SMILES string of the molecule is Cc1ccnc2c1nc(CCl)n2CCc1cccc(F)c1. The molecule has 0 aliphatic rings. The summed E-state index contributed by atoms with van der Waals surface area (Å²) in [4.78, 5) is 8.96. The van der Waals surface area contributed by atoms with E-state index in [1.807, 2.05) is 23.6 Å². The number of aryl methyl sites for hydroxylation is 3. The topological polar surface area (TPSA) is 30.7 Å². The minimum atomic E-state index is -0.213. The monoisotopic (exact) mass is 303 g/mol. The first-order valence-electron chi connectivity index (χ1n) is 6.80. The molecule has 21 heavy (non-hydrogen) atoms. The van der Waals surface area contributed by atoms with E-state index in [0.717, 1.165) is 28.1 Å². The second-order valence-corrected chi connectivity index (χ2v) is 5.26. The van der Waals surface area contributed by atoms with Crippen molar-refractivity contribution in [1.29, 1.82) is 0 Å². The molecule has 108 valence electrons. The largest absolute Gasteiger partial charge is 0.311 e. The molecular weight excluding hydrogens is 289 g/mol. The zero-order valence-electron chi connectivity index (χ0n) is 11.7. The maximum Gasteiger partial charge on any atom is 0.160 e. The van der Waals surface area contributed by atoms with Crippen molar-refractivity contribution < 1.29 is 4.39 Å². The molecule has 3 nitrogen and oxygen atoms in total. The van der Waals surface area contributed by atoms with Crippen LogP contribution < -0.4 is 0 Å². The summed E-state index contributed by atoms with van der Waals surface area (Å²) in [6.45, 7) is 2.68. The van der Waals surface area contributed by atoms with Crippen molar-refractivity contribution in [2.45, 2.75) is 25.8 Å². The lowest BCUT2D eigenvalue weighted by Crippen LogP contribution is -2.06. The number of alkyl halides is 1. The molecule has 0 saturated carbocycles. The van der Waals surface area contributed by atoms with E-state index in [2.05, 4.69) is 9.97 Å². The molecule has 0 fully saturated rings. The van der Waals surface area contributed by atoms with Crippen LogP contribution in [0.15, 0.2) is 36.5 Å². The summed E-state index contributed by atoms with van der Waals surface area (Å²) in [5.74, 6) is 0.915. The van der Waals surface area contributed by atoms with Crippen LogP contribution in [0.4, 0.5) is 4.39 Å². The number of aromatic nitrogens is 3. The van der Waals surface area contributed by atoms with E-state index in [1.165, 1.54) is 6.07 Å². The standard InChI is InChI=1S/C16H15ClFN3/c1-11-5-7-19-16-15(11)20-14(10-17)21(16)8-6-12-3-2-4-13(18)9-12/h2-5,7,9H,6,8,10H2,1H3. The van der Waals surface area contributed by atoms with Crippen molar-refractivity contribution in [3.05, 3.63) is 59.3 Å². The molecule has 0 amide bonds. The van der Waals surface area contributed by atoms with Crippen LogP contribution in [0.5, 0.6) is 0 Å². The van der Waals surface area contributed by atoms with Crippen LogP contribution in [-0.2, 0) is 18.8 Å². The highest BCUT2D eigenvalue weighted by molar-refractivity contribution is 6.16. The molecule has 2 aromatic heterocycles. The van der Waals surface area contributed by atoms with Crippen LogP contribution in [-0.4, -0.2) is 14.5 Å². The summed E-state index contributed by atoms with van der Waals surface area (Å²) in [5.41, 5.74) is 3.75. The van der Waals surface area contributed by atoms with Crippen molar-refractivity contribution >= 4 is 22.8 Å². The number of hydrogen-bond acceptors (Lipinski definition) is 2. The Morgan fingerprint density at radius 1 is 1.29 bits per heavy atom. The van der Waals surface area contributed by atoms with Gasteiger partial charge in [0.2, 0.25) is 0 Å². The van der Waals surface area contributed by atoms with Gasteiger partial charge in [0.15, 0.2) is 5.65 Å². The Morgan fingerprint density at radius 2 is 2.14 bits per heavy atom.